The van der Waals surface area contributed by atoms with E-state index >= 15 is 0 Å². The average Bonchev–Trinajstić information content (AvgIpc) is 2.47. The normalized spacial score (nSPS) is 12.0. The number of nitrogens with one attached hydrogen (secondary N) is 2. The maximum absolute atomic E-state index is 12.1. The molecule has 0 aromatic rings. The molecule has 0 aliphatic carbocycles. The van der Waals surface area contributed by atoms with Crippen LogP contribution in [0.5, 0.6) is 0 Å². The van der Waals surface area contributed by atoms with E-state index in [0.29, 0.717) is 26.3 Å². The lowest BCUT2D eigenvalue weighted by Gasteiger charge is -2.10. The maximum Gasteiger partial charge on any atom is 0.252 e. The quantitative estimate of drug-likeness (QED) is 0.351. The molecular weight excluding hydrogens is 272 g/mol. The van der Waals surface area contributed by atoms with E-state index in [9.17, 15) is 9.59 Å². The lowest BCUT2D eigenvalue weighted by atomic mass is 10.1. The summed E-state index contributed by atoms with van der Waals surface area (Å²) >= 11 is 0. The third-order valence-electron chi connectivity index (χ3n) is 2.50. The second-order valence-corrected chi connectivity index (χ2v) is 4.03. The smallest absolute Gasteiger partial charge is 0.252 e. The lowest BCUT2D eigenvalue weighted by molar-refractivity contribution is -0.119. The first-order valence-electron chi connectivity index (χ1n) is 6.66. The molecule has 0 aromatic heterocycles. The molecule has 0 aliphatic heterocycles. The molecule has 0 rings (SSSR count). The minimum absolute atomic E-state index is 0.221. The van der Waals surface area contributed by atoms with Crippen LogP contribution in [-0.4, -0.2) is 52.3 Å². The van der Waals surface area contributed by atoms with E-state index in [0.717, 1.165) is 0 Å². The Labute approximate surface area is 125 Å². The van der Waals surface area contributed by atoms with Crippen molar-refractivity contribution in [3.8, 4) is 0 Å². The summed E-state index contributed by atoms with van der Waals surface area (Å²) in [5.41, 5.74) is 0.484. The molecule has 118 valence electrons. The molecule has 0 radical (unpaired) electrons. The number of amides is 2. The van der Waals surface area contributed by atoms with Crippen LogP contribution in [0, 0.1) is 0 Å². The van der Waals surface area contributed by atoms with Crippen LogP contribution >= 0.6 is 0 Å². The summed E-state index contributed by atoms with van der Waals surface area (Å²) in [5, 5.41) is 5.34. The summed E-state index contributed by atoms with van der Waals surface area (Å²) in [5.74, 6) is -0.709. The number of ether oxygens (including phenoxy) is 2. The van der Waals surface area contributed by atoms with Gasteiger partial charge in [0.25, 0.3) is 11.8 Å². The van der Waals surface area contributed by atoms with Gasteiger partial charge < -0.3 is 20.1 Å². The van der Waals surface area contributed by atoms with Gasteiger partial charge in [0.05, 0.1) is 24.4 Å². The zero-order valence-corrected chi connectivity index (χ0v) is 12.9. The number of methoxy groups -OCH3 is 2. The molecule has 0 bridgehead atoms. The summed E-state index contributed by atoms with van der Waals surface area (Å²) in [7, 11) is 3.10. The van der Waals surface area contributed by atoms with Gasteiger partial charge in [0.15, 0.2) is 0 Å². The molecule has 0 aliphatic rings. The number of hydrogen-bond acceptors (Lipinski definition) is 4. The van der Waals surface area contributed by atoms with E-state index in [1.54, 1.807) is 33.3 Å². The Bertz CT molecular complexity index is 414. The standard InChI is InChI=1S/C15H24N2O4/c1-5-7-13(15(19)17-9-11-21-4)12(6-2)14(18)16-8-10-20-3/h5-7H,2,8-11H2,1,3-4H3,(H,16,18)(H,17,19)/b7-5-,13-12-. The van der Waals surface area contributed by atoms with E-state index in [2.05, 4.69) is 17.2 Å². The third-order valence-corrected chi connectivity index (χ3v) is 2.50. The Morgan fingerprint density at radius 2 is 1.48 bits per heavy atom. The predicted molar refractivity (Wildman–Crippen MR) is 81.8 cm³/mol. The molecule has 0 heterocycles. The molecule has 21 heavy (non-hydrogen) atoms. The third kappa shape index (κ3) is 7.43. The fraction of sp³-hybridized carbons (Fsp3) is 0.467. The highest BCUT2D eigenvalue weighted by Crippen LogP contribution is 2.09. The highest BCUT2D eigenvalue weighted by molar-refractivity contribution is 6.08. The van der Waals surface area contributed by atoms with Crippen LogP contribution in [-0.2, 0) is 19.1 Å². The Morgan fingerprint density at radius 3 is 1.86 bits per heavy atom. The van der Waals surface area contributed by atoms with Crippen molar-refractivity contribution < 1.29 is 19.1 Å². The molecule has 0 unspecified atom stereocenters. The number of allylic oxidation sites excluding steroid dienone is 1. The molecule has 0 atom stereocenters. The van der Waals surface area contributed by atoms with Crippen molar-refractivity contribution in [2.45, 2.75) is 6.92 Å². The molecule has 0 aromatic carbocycles. The summed E-state index contributed by atoms with van der Waals surface area (Å²) < 4.78 is 9.73. The fourth-order valence-electron chi connectivity index (χ4n) is 1.50. The molecule has 6 nitrogen and oxygen atoms in total. The first kappa shape index (κ1) is 19.1. The fourth-order valence-corrected chi connectivity index (χ4v) is 1.50. The van der Waals surface area contributed by atoms with Crippen LogP contribution < -0.4 is 10.6 Å². The molecule has 2 N–H and O–H groups in total. The molecule has 2 amide bonds. The van der Waals surface area contributed by atoms with Gasteiger partial charge in [0.2, 0.25) is 0 Å². The van der Waals surface area contributed by atoms with Crippen molar-refractivity contribution in [2.24, 2.45) is 0 Å². The number of rotatable bonds is 10. The van der Waals surface area contributed by atoms with Crippen molar-refractivity contribution in [1.82, 2.24) is 10.6 Å². The summed E-state index contributed by atoms with van der Waals surface area (Å²) in [6, 6.07) is 0. The van der Waals surface area contributed by atoms with Gasteiger partial charge in [-0.05, 0) is 6.92 Å². The molecule has 0 saturated carbocycles. The second kappa shape index (κ2) is 11.9. The lowest BCUT2D eigenvalue weighted by Crippen LogP contribution is -2.32. The molecule has 6 heteroatoms. The summed E-state index contributed by atoms with van der Waals surface area (Å²) in [6.07, 6.45) is 4.64. The van der Waals surface area contributed by atoms with Gasteiger partial charge >= 0.3 is 0 Å². The first-order chi connectivity index (χ1) is 10.1. The van der Waals surface area contributed by atoms with Crippen molar-refractivity contribution in [1.29, 1.82) is 0 Å². The Balaban J connectivity index is 5.07. The number of carbonyl (C=O) groups is 2. The molecule has 0 spiro atoms. The van der Waals surface area contributed by atoms with Gasteiger partial charge in [-0.15, -0.1) is 0 Å². The topological polar surface area (TPSA) is 76.7 Å². The van der Waals surface area contributed by atoms with Crippen molar-refractivity contribution in [3.05, 3.63) is 36.0 Å². The van der Waals surface area contributed by atoms with Crippen LogP contribution in [0.4, 0.5) is 0 Å². The average molecular weight is 296 g/mol. The van der Waals surface area contributed by atoms with Crippen LogP contribution in [0.1, 0.15) is 6.92 Å². The Morgan fingerprint density at radius 1 is 1.00 bits per heavy atom. The largest absolute Gasteiger partial charge is 0.383 e. The van der Waals surface area contributed by atoms with Crippen molar-refractivity contribution in [2.75, 3.05) is 40.5 Å². The van der Waals surface area contributed by atoms with Gasteiger partial charge in [-0.3, -0.25) is 9.59 Å². The minimum atomic E-state index is -0.364. The SMILES string of the molecule is C=C/C(C(=O)NCCOC)=C(\C=C/C)C(=O)NCCOC. The Hall–Kier alpha value is -1.92. The zero-order valence-electron chi connectivity index (χ0n) is 12.9. The highest BCUT2D eigenvalue weighted by atomic mass is 16.5. The molecule has 0 saturated heterocycles. The van der Waals surface area contributed by atoms with Crippen molar-refractivity contribution in [3.63, 3.8) is 0 Å². The number of carbonyl (C=O) groups excluding carboxylic acids is 2. The zero-order chi connectivity index (χ0) is 16.1. The molecule has 0 fully saturated rings. The van der Waals surface area contributed by atoms with Crippen LogP contribution in [0.3, 0.4) is 0 Å². The van der Waals surface area contributed by atoms with E-state index in [1.165, 1.54) is 6.08 Å². The second-order valence-electron chi connectivity index (χ2n) is 4.03. The van der Waals surface area contributed by atoms with Gasteiger partial charge in [-0.2, -0.15) is 0 Å². The van der Waals surface area contributed by atoms with E-state index < -0.39 is 0 Å². The first-order valence-corrected chi connectivity index (χ1v) is 6.66. The summed E-state index contributed by atoms with van der Waals surface area (Å²) in [4.78, 5) is 24.2. The predicted octanol–water partition coefficient (Wildman–Crippen LogP) is 0.570. The molecular formula is C15H24N2O4. The van der Waals surface area contributed by atoms with Crippen LogP contribution in [0.25, 0.3) is 0 Å². The Kier molecular flexibility index (Phi) is 10.8. The summed E-state index contributed by atoms with van der Waals surface area (Å²) in [6.45, 7) is 6.90. The van der Waals surface area contributed by atoms with Gasteiger partial charge in [0, 0.05) is 27.3 Å². The van der Waals surface area contributed by atoms with Crippen LogP contribution in [0.2, 0.25) is 0 Å². The van der Waals surface area contributed by atoms with Crippen molar-refractivity contribution >= 4 is 11.8 Å². The van der Waals surface area contributed by atoms with Gasteiger partial charge in [-0.1, -0.05) is 24.8 Å². The van der Waals surface area contributed by atoms with Crippen LogP contribution in [0.15, 0.2) is 36.0 Å². The van der Waals surface area contributed by atoms with Gasteiger partial charge in [0.1, 0.15) is 0 Å². The monoisotopic (exact) mass is 296 g/mol. The number of hydrogen-bond donors (Lipinski definition) is 2. The van der Waals surface area contributed by atoms with Gasteiger partial charge in [-0.25, -0.2) is 0 Å². The van der Waals surface area contributed by atoms with E-state index in [-0.39, 0.29) is 23.0 Å². The maximum atomic E-state index is 12.1. The highest BCUT2D eigenvalue weighted by Gasteiger charge is 2.16. The van der Waals surface area contributed by atoms with E-state index in [4.69, 9.17) is 9.47 Å². The minimum Gasteiger partial charge on any atom is -0.383 e. The van der Waals surface area contributed by atoms with E-state index in [1.807, 2.05) is 0 Å².